The highest BCUT2D eigenvalue weighted by Crippen LogP contribution is 2.21. The number of carbonyl (C=O) groups is 3. The summed E-state index contributed by atoms with van der Waals surface area (Å²) in [5.41, 5.74) is 3.05. The fraction of sp³-hybridized carbons (Fsp3) is 0.438. The van der Waals surface area contributed by atoms with Gasteiger partial charge in [0.2, 0.25) is 5.78 Å². The van der Waals surface area contributed by atoms with E-state index in [1.54, 1.807) is 0 Å². The number of Topliss-reactive ketones (excluding diaryl/α,β-unsaturated/α-hetero) is 1. The van der Waals surface area contributed by atoms with Crippen LogP contribution in [0.25, 0.3) is 0 Å². The highest BCUT2D eigenvalue weighted by Gasteiger charge is 2.13. The van der Waals surface area contributed by atoms with E-state index in [0.29, 0.717) is 5.92 Å². The van der Waals surface area contributed by atoms with Crippen LogP contribution < -0.4 is 5.32 Å². The zero-order chi connectivity index (χ0) is 16.5. The number of carboxylic acid groups (broad SMARTS) is 2. The van der Waals surface area contributed by atoms with Crippen molar-refractivity contribution in [1.82, 2.24) is 5.32 Å². The summed E-state index contributed by atoms with van der Waals surface area (Å²) >= 11 is 0. The molecule has 6 heteroatoms. The number of nitrogens with one attached hydrogen (secondary N) is 1. The molecule has 1 atom stereocenters. The van der Waals surface area contributed by atoms with Gasteiger partial charge < -0.3 is 15.5 Å². The predicted octanol–water partition coefficient (Wildman–Crippen LogP) is 1.44. The Bertz CT molecular complexity index is 541. The van der Waals surface area contributed by atoms with Crippen molar-refractivity contribution in [3.63, 3.8) is 0 Å². The van der Waals surface area contributed by atoms with E-state index < -0.39 is 30.6 Å². The number of hydrogen-bond donors (Lipinski definition) is 3. The van der Waals surface area contributed by atoms with Crippen LogP contribution in [0.5, 0.6) is 0 Å². The Labute approximate surface area is 129 Å². The van der Waals surface area contributed by atoms with E-state index in [1.165, 1.54) is 17.5 Å². The van der Waals surface area contributed by atoms with Gasteiger partial charge in [-0.05, 0) is 30.0 Å². The Kier molecular flexibility index (Phi) is 7.25. The maximum Gasteiger partial charge on any atom is 0.372 e. The first-order valence-corrected chi connectivity index (χ1v) is 7.18. The fourth-order valence-corrected chi connectivity index (χ4v) is 2.22. The number of aliphatic carboxylic acids is 2. The standard InChI is InChI=1S/C11H15N.C5H6O5/c1-9-8-12-7-6-10-4-2-3-5-11(9)10;6-3(5(9)10)1-2-4(7)8/h2-5,9,12H,6-8H2,1H3;1-2H2,(H,7,8)(H,9,10). The third-order valence-electron chi connectivity index (χ3n) is 3.41. The summed E-state index contributed by atoms with van der Waals surface area (Å²) in [6.07, 6.45) is 0.316. The topological polar surface area (TPSA) is 104 Å². The number of benzene rings is 1. The Balaban J connectivity index is 0.000000225. The van der Waals surface area contributed by atoms with Crippen molar-refractivity contribution in [3.8, 4) is 0 Å². The monoisotopic (exact) mass is 307 g/mol. The molecule has 1 unspecified atom stereocenters. The van der Waals surface area contributed by atoms with Crippen molar-refractivity contribution in [3.05, 3.63) is 35.4 Å². The fourth-order valence-electron chi connectivity index (χ4n) is 2.22. The van der Waals surface area contributed by atoms with Gasteiger partial charge in [0.25, 0.3) is 0 Å². The lowest BCUT2D eigenvalue weighted by Gasteiger charge is -2.10. The summed E-state index contributed by atoms with van der Waals surface area (Å²) in [6.45, 7) is 4.54. The van der Waals surface area contributed by atoms with E-state index in [4.69, 9.17) is 10.2 Å². The van der Waals surface area contributed by atoms with Crippen LogP contribution in [0.3, 0.4) is 0 Å². The highest BCUT2D eigenvalue weighted by atomic mass is 16.4. The second kappa shape index (κ2) is 8.94. The third-order valence-corrected chi connectivity index (χ3v) is 3.41. The van der Waals surface area contributed by atoms with Gasteiger partial charge in [-0.15, -0.1) is 0 Å². The van der Waals surface area contributed by atoms with Crippen LogP contribution in [0.15, 0.2) is 24.3 Å². The minimum Gasteiger partial charge on any atom is -0.481 e. The lowest BCUT2D eigenvalue weighted by Crippen LogP contribution is -2.18. The molecule has 6 nitrogen and oxygen atoms in total. The van der Waals surface area contributed by atoms with Crippen molar-refractivity contribution >= 4 is 17.7 Å². The Morgan fingerprint density at radius 3 is 2.50 bits per heavy atom. The summed E-state index contributed by atoms with van der Waals surface area (Å²) in [4.78, 5) is 29.7. The molecule has 1 aromatic carbocycles. The molecule has 22 heavy (non-hydrogen) atoms. The molecule has 120 valence electrons. The minimum atomic E-state index is -1.58. The van der Waals surface area contributed by atoms with Gasteiger partial charge in [0.15, 0.2) is 0 Å². The molecule has 1 aliphatic heterocycles. The maximum absolute atomic E-state index is 10.2. The molecular weight excluding hydrogens is 286 g/mol. The number of rotatable bonds is 4. The molecule has 2 rings (SSSR count). The number of ketones is 1. The molecular formula is C16H21NO5. The van der Waals surface area contributed by atoms with Crippen LogP contribution in [-0.4, -0.2) is 41.0 Å². The predicted molar refractivity (Wildman–Crippen MR) is 80.9 cm³/mol. The molecule has 0 radical (unpaired) electrons. The van der Waals surface area contributed by atoms with Crippen LogP contribution in [0, 0.1) is 0 Å². The molecule has 0 amide bonds. The Hall–Kier alpha value is -2.21. The Morgan fingerprint density at radius 1 is 1.18 bits per heavy atom. The van der Waals surface area contributed by atoms with E-state index >= 15 is 0 Å². The number of carboxylic acids is 2. The van der Waals surface area contributed by atoms with E-state index in [1.807, 2.05) is 0 Å². The van der Waals surface area contributed by atoms with Gasteiger partial charge in [-0.1, -0.05) is 31.2 Å². The van der Waals surface area contributed by atoms with Crippen LogP contribution >= 0.6 is 0 Å². The van der Waals surface area contributed by atoms with Crippen molar-refractivity contribution in [2.75, 3.05) is 13.1 Å². The van der Waals surface area contributed by atoms with Crippen molar-refractivity contribution in [1.29, 1.82) is 0 Å². The molecule has 1 heterocycles. The average Bonchev–Trinajstić information content (AvgIpc) is 2.67. The van der Waals surface area contributed by atoms with Gasteiger partial charge in [-0.3, -0.25) is 9.59 Å². The van der Waals surface area contributed by atoms with Gasteiger partial charge in [-0.25, -0.2) is 4.79 Å². The lowest BCUT2D eigenvalue weighted by molar-refractivity contribution is -0.149. The molecule has 1 aliphatic rings. The third kappa shape index (κ3) is 6.05. The van der Waals surface area contributed by atoms with Crippen LogP contribution in [0.2, 0.25) is 0 Å². The average molecular weight is 307 g/mol. The highest BCUT2D eigenvalue weighted by molar-refractivity contribution is 6.32. The zero-order valence-electron chi connectivity index (χ0n) is 12.5. The lowest BCUT2D eigenvalue weighted by atomic mass is 9.96. The molecule has 0 fully saturated rings. The van der Waals surface area contributed by atoms with Crippen molar-refractivity contribution < 1.29 is 24.6 Å². The molecule has 3 N–H and O–H groups in total. The van der Waals surface area contributed by atoms with E-state index in [9.17, 15) is 14.4 Å². The van der Waals surface area contributed by atoms with Gasteiger partial charge >= 0.3 is 11.9 Å². The summed E-state index contributed by atoms with van der Waals surface area (Å²) in [7, 11) is 0. The normalized spacial score (nSPS) is 16.5. The van der Waals surface area contributed by atoms with Crippen LogP contribution in [0.1, 0.15) is 36.8 Å². The van der Waals surface area contributed by atoms with E-state index in [-0.39, 0.29) is 0 Å². The first-order valence-electron chi connectivity index (χ1n) is 7.18. The van der Waals surface area contributed by atoms with Gasteiger partial charge in [0, 0.05) is 13.0 Å². The second-order valence-electron chi connectivity index (χ2n) is 5.18. The summed E-state index contributed by atoms with van der Waals surface area (Å²) in [6, 6.07) is 8.78. The van der Waals surface area contributed by atoms with E-state index in [2.05, 4.69) is 36.5 Å². The molecule has 0 saturated carbocycles. The smallest absolute Gasteiger partial charge is 0.372 e. The van der Waals surface area contributed by atoms with Gasteiger partial charge in [0.1, 0.15) is 0 Å². The molecule has 0 aliphatic carbocycles. The zero-order valence-corrected chi connectivity index (χ0v) is 12.5. The molecule has 0 spiro atoms. The molecule has 1 aromatic rings. The molecule has 0 saturated heterocycles. The number of fused-ring (bicyclic) bond motifs is 1. The number of carbonyl (C=O) groups excluding carboxylic acids is 1. The SMILES string of the molecule is CC1CNCCc2ccccc21.O=C(O)CCC(=O)C(=O)O. The largest absolute Gasteiger partial charge is 0.481 e. The summed E-state index contributed by atoms with van der Waals surface area (Å²) in [5, 5.41) is 19.4. The minimum absolute atomic E-state index is 0.425. The van der Waals surface area contributed by atoms with Gasteiger partial charge in [0.05, 0.1) is 6.42 Å². The van der Waals surface area contributed by atoms with Crippen LogP contribution in [-0.2, 0) is 20.8 Å². The maximum atomic E-state index is 10.2. The molecule has 0 aromatic heterocycles. The van der Waals surface area contributed by atoms with Gasteiger partial charge in [-0.2, -0.15) is 0 Å². The first-order chi connectivity index (χ1) is 10.4. The Morgan fingerprint density at radius 2 is 1.86 bits per heavy atom. The summed E-state index contributed by atoms with van der Waals surface area (Å²) in [5.74, 6) is -3.15. The van der Waals surface area contributed by atoms with Crippen molar-refractivity contribution in [2.45, 2.75) is 32.1 Å². The van der Waals surface area contributed by atoms with E-state index in [0.717, 1.165) is 13.1 Å². The quantitative estimate of drug-likeness (QED) is 0.727. The second-order valence-corrected chi connectivity index (χ2v) is 5.18. The summed E-state index contributed by atoms with van der Waals surface area (Å²) < 4.78 is 0. The van der Waals surface area contributed by atoms with Crippen LogP contribution in [0.4, 0.5) is 0 Å². The van der Waals surface area contributed by atoms with Crippen molar-refractivity contribution in [2.24, 2.45) is 0 Å². The first kappa shape index (κ1) is 17.8. The molecule has 0 bridgehead atoms. The number of hydrogen-bond acceptors (Lipinski definition) is 4.